The van der Waals surface area contributed by atoms with Crippen LogP contribution in [0.2, 0.25) is 0 Å². The standard InChI is InChI=1S/C14H9F6NO/c15-13(16,17)8-2-1-3-9(6-8)22-10-4-5-12(21)11(7-10)14(18,19)20/h1-7H,21H2. The Morgan fingerprint density at radius 1 is 0.773 bits per heavy atom. The van der Waals surface area contributed by atoms with Crippen molar-refractivity contribution in [1.29, 1.82) is 0 Å². The van der Waals surface area contributed by atoms with E-state index >= 15 is 0 Å². The number of nitrogens with two attached hydrogens (primary N) is 1. The van der Waals surface area contributed by atoms with Crippen LogP contribution >= 0.6 is 0 Å². The molecule has 0 saturated heterocycles. The molecule has 0 heterocycles. The van der Waals surface area contributed by atoms with Gasteiger partial charge in [-0.1, -0.05) is 6.07 Å². The molecule has 2 nitrogen and oxygen atoms in total. The molecule has 2 rings (SSSR count). The molecule has 0 saturated carbocycles. The molecule has 0 aliphatic heterocycles. The van der Waals surface area contributed by atoms with Crippen LogP contribution < -0.4 is 10.5 Å². The van der Waals surface area contributed by atoms with E-state index in [4.69, 9.17) is 10.5 Å². The normalized spacial score (nSPS) is 12.3. The van der Waals surface area contributed by atoms with Gasteiger partial charge in [-0.2, -0.15) is 26.3 Å². The molecule has 2 aromatic rings. The third-order valence-electron chi connectivity index (χ3n) is 2.73. The zero-order valence-corrected chi connectivity index (χ0v) is 10.8. The van der Waals surface area contributed by atoms with Crippen molar-refractivity contribution in [1.82, 2.24) is 0 Å². The molecule has 0 radical (unpaired) electrons. The number of hydrogen-bond donors (Lipinski definition) is 1. The van der Waals surface area contributed by atoms with Crippen LogP contribution in [0.4, 0.5) is 32.0 Å². The highest BCUT2D eigenvalue weighted by molar-refractivity contribution is 5.52. The zero-order chi connectivity index (χ0) is 16.5. The fraction of sp³-hybridized carbons (Fsp3) is 0.143. The fourth-order valence-corrected chi connectivity index (χ4v) is 1.72. The number of anilines is 1. The van der Waals surface area contributed by atoms with E-state index < -0.39 is 29.2 Å². The topological polar surface area (TPSA) is 35.2 Å². The zero-order valence-electron chi connectivity index (χ0n) is 10.8. The van der Waals surface area contributed by atoms with E-state index in [1.807, 2.05) is 0 Å². The molecule has 8 heteroatoms. The molecule has 0 aliphatic rings. The average Bonchev–Trinajstić information content (AvgIpc) is 2.39. The lowest BCUT2D eigenvalue weighted by Gasteiger charge is -2.13. The van der Waals surface area contributed by atoms with Gasteiger partial charge in [0.05, 0.1) is 11.1 Å². The van der Waals surface area contributed by atoms with Crippen molar-refractivity contribution in [2.24, 2.45) is 0 Å². The van der Waals surface area contributed by atoms with Gasteiger partial charge in [0.25, 0.3) is 0 Å². The highest BCUT2D eigenvalue weighted by atomic mass is 19.4. The predicted molar refractivity (Wildman–Crippen MR) is 67.4 cm³/mol. The molecule has 0 aliphatic carbocycles. The Balaban J connectivity index is 2.32. The Hall–Kier alpha value is -2.38. The minimum atomic E-state index is -4.68. The molecule has 0 aromatic heterocycles. The molecule has 0 amide bonds. The number of benzene rings is 2. The van der Waals surface area contributed by atoms with Gasteiger partial charge < -0.3 is 10.5 Å². The Morgan fingerprint density at radius 2 is 1.41 bits per heavy atom. The Kier molecular flexibility index (Phi) is 3.95. The van der Waals surface area contributed by atoms with Crippen molar-refractivity contribution in [2.45, 2.75) is 12.4 Å². The Labute approximate surface area is 121 Å². The highest BCUT2D eigenvalue weighted by Crippen LogP contribution is 2.37. The van der Waals surface area contributed by atoms with E-state index in [1.54, 1.807) is 0 Å². The lowest BCUT2D eigenvalue weighted by Crippen LogP contribution is -2.09. The molecule has 0 spiro atoms. The van der Waals surface area contributed by atoms with Crippen molar-refractivity contribution in [3.63, 3.8) is 0 Å². The van der Waals surface area contributed by atoms with E-state index in [0.29, 0.717) is 12.1 Å². The van der Waals surface area contributed by atoms with E-state index in [-0.39, 0.29) is 11.5 Å². The van der Waals surface area contributed by atoms with Crippen molar-refractivity contribution in [3.8, 4) is 11.5 Å². The summed E-state index contributed by atoms with van der Waals surface area (Å²) in [5.74, 6) is -0.492. The van der Waals surface area contributed by atoms with Crippen LogP contribution in [0.3, 0.4) is 0 Å². The first kappa shape index (κ1) is 16.0. The summed E-state index contributed by atoms with van der Waals surface area (Å²) in [5.41, 5.74) is 2.65. The van der Waals surface area contributed by atoms with Crippen LogP contribution in [-0.2, 0) is 12.4 Å². The summed E-state index contributed by atoms with van der Waals surface area (Å²) in [6, 6.07) is 6.59. The van der Waals surface area contributed by atoms with E-state index in [0.717, 1.165) is 24.3 Å². The molecule has 118 valence electrons. The van der Waals surface area contributed by atoms with Crippen LogP contribution in [0.25, 0.3) is 0 Å². The van der Waals surface area contributed by atoms with Gasteiger partial charge in [0.1, 0.15) is 11.5 Å². The molecule has 22 heavy (non-hydrogen) atoms. The molecular weight excluding hydrogens is 312 g/mol. The summed E-state index contributed by atoms with van der Waals surface area (Å²) in [4.78, 5) is 0. The van der Waals surface area contributed by atoms with Crippen molar-refractivity contribution in [3.05, 3.63) is 53.6 Å². The second kappa shape index (κ2) is 5.43. The maximum Gasteiger partial charge on any atom is 0.418 e. The fourth-order valence-electron chi connectivity index (χ4n) is 1.72. The number of halogens is 6. The first-order chi connectivity index (χ1) is 10.1. The summed E-state index contributed by atoms with van der Waals surface area (Å²) in [6.07, 6.45) is -9.26. The monoisotopic (exact) mass is 321 g/mol. The highest BCUT2D eigenvalue weighted by Gasteiger charge is 2.33. The number of ether oxygens (including phenoxy) is 1. The number of hydrogen-bond acceptors (Lipinski definition) is 2. The molecule has 0 bridgehead atoms. The van der Waals surface area contributed by atoms with Gasteiger partial charge in [-0.05, 0) is 36.4 Å². The minimum Gasteiger partial charge on any atom is -0.457 e. The molecular formula is C14H9F6NO. The average molecular weight is 321 g/mol. The second-order valence-electron chi connectivity index (χ2n) is 4.37. The molecule has 0 fully saturated rings. The Morgan fingerprint density at radius 3 is 2.00 bits per heavy atom. The van der Waals surface area contributed by atoms with Gasteiger partial charge in [0, 0.05) is 5.69 Å². The minimum absolute atomic E-state index is 0.229. The first-order valence-electron chi connectivity index (χ1n) is 5.89. The smallest absolute Gasteiger partial charge is 0.418 e. The Bertz CT molecular complexity index is 678. The summed E-state index contributed by atoms with van der Waals surface area (Å²) < 4.78 is 80.8. The third-order valence-corrected chi connectivity index (χ3v) is 2.73. The van der Waals surface area contributed by atoms with Gasteiger partial charge in [0.2, 0.25) is 0 Å². The lowest BCUT2D eigenvalue weighted by atomic mass is 10.1. The van der Waals surface area contributed by atoms with Gasteiger partial charge in [0.15, 0.2) is 0 Å². The van der Waals surface area contributed by atoms with E-state index in [1.165, 1.54) is 6.07 Å². The largest absolute Gasteiger partial charge is 0.457 e. The van der Waals surface area contributed by atoms with Crippen molar-refractivity contribution < 1.29 is 31.1 Å². The maximum absolute atomic E-state index is 12.7. The first-order valence-corrected chi connectivity index (χ1v) is 5.89. The van der Waals surface area contributed by atoms with Crippen LogP contribution in [0.15, 0.2) is 42.5 Å². The van der Waals surface area contributed by atoms with Crippen LogP contribution in [0.1, 0.15) is 11.1 Å². The van der Waals surface area contributed by atoms with E-state index in [2.05, 4.69) is 0 Å². The predicted octanol–water partition coefficient (Wildman–Crippen LogP) is 5.10. The summed E-state index contributed by atoms with van der Waals surface area (Å²) in [7, 11) is 0. The van der Waals surface area contributed by atoms with E-state index in [9.17, 15) is 26.3 Å². The molecule has 0 atom stereocenters. The third kappa shape index (κ3) is 3.63. The van der Waals surface area contributed by atoms with Gasteiger partial charge >= 0.3 is 12.4 Å². The van der Waals surface area contributed by atoms with Crippen molar-refractivity contribution >= 4 is 5.69 Å². The maximum atomic E-state index is 12.7. The quantitative estimate of drug-likeness (QED) is 0.617. The molecule has 2 N–H and O–H groups in total. The van der Waals surface area contributed by atoms with Crippen LogP contribution in [0.5, 0.6) is 11.5 Å². The molecule has 0 unspecified atom stereocenters. The summed E-state index contributed by atoms with van der Waals surface area (Å²) in [5, 5.41) is 0. The number of nitrogen functional groups attached to an aromatic ring is 1. The van der Waals surface area contributed by atoms with Crippen LogP contribution in [-0.4, -0.2) is 0 Å². The number of alkyl halides is 6. The van der Waals surface area contributed by atoms with Gasteiger partial charge in [-0.15, -0.1) is 0 Å². The summed E-state index contributed by atoms with van der Waals surface area (Å²) in [6.45, 7) is 0. The summed E-state index contributed by atoms with van der Waals surface area (Å²) >= 11 is 0. The number of rotatable bonds is 2. The lowest BCUT2D eigenvalue weighted by molar-refractivity contribution is -0.138. The van der Waals surface area contributed by atoms with Crippen LogP contribution in [0, 0.1) is 0 Å². The van der Waals surface area contributed by atoms with Gasteiger partial charge in [-0.3, -0.25) is 0 Å². The SMILES string of the molecule is Nc1ccc(Oc2cccc(C(F)(F)F)c2)cc1C(F)(F)F. The second-order valence-corrected chi connectivity index (χ2v) is 4.37. The van der Waals surface area contributed by atoms with Crippen molar-refractivity contribution in [2.75, 3.05) is 5.73 Å². The van der Waals surface area contributed by atoms with Gasteiger partial charge in [-0.25, -0.2) is 0 Å². The molecule has 2 aromatic carbocycles.